The molecule has 7 heteroatoms. The van der Waals surface area contributed by atoms with Crippen LogP contribution >= 0.6 is 11.3 Å². The summed E-state index contributed by atoms with van der Waals surface area (Å²) in [4.78, 5) is 28.7. The number of carbonyl (C=O) groups is 1. The van der Waals surface area contributed by atoms with E-state index in [1.807, 2.05) is 32.9 Å². The van der Waals surface area contributed by atoms with Gasteiger partial charge in [0.05, 0.1) is 31.7 Å². The third kappa shape index (κ3) is 4.21. The van der Waals surface area contributed by atoms with Gasteiger partial charge in [0.15, 0.2) is 11.5 Å². The maximum absolute atomic E-state index is 13.2. The molecule has 0 unspecified atom stereocenters. The zero-order chi connectivity index (χ0) is 21.8. The van der Waals surface area contributed by atoms with Crippen LogP contribution in [-0.4, -0.2) is 24.7 Å². The molecule has 0 aliphatic carbocycles. The molecule has 2 aromatic heterocycles. The predicted octanol–water partition coefficient (Wildman–Crippen LogP) is 4.68. The maximum Gasteiger partial charge on any atom is 0.258 e. The highest BCUT2D eigenvalue weighted by molar-refractivity contribution is 7.11. The second-order valence-corrected chi connectivity index (χ2v) is 8.55. The van der Waals surface area contributed by atoms with Crippen LogP contribution in [0.25, 0.3) is 10.8 Å². The smallest absolute Gasteiger partial charge is 0.258 e. The van der Waals surface area contributed by atoms with Crippen molar-refractivity contribution in [2.45, 2.75) is 46.2 Å². The molecule has 3 aromatic rings. The van der Waals surface area contributed by atoms with Crippen molar-refractivity contribution in [2.75, 3.05) is 14.2 Å². The quantitative estimate of drug-likeness (QED) is 0.566. The molecule has 30 heavy (non-hydrogen) atoms. The molecule has 0 radical (unpaired) electrons. The van der Waals surface area contributed by atoms with E-state index in [1.165, 1.54) is 19.1 Å². The number of benzene rings is 1. The van der Waals surface area contributed by atoms with Crippen molar-refractivity contribution < 1.29 is 14.3 Å². The molecule has 160 valence electrons. The number of amides is 1. The number of rotatable bonds is 8. The zero-order valence-electron chi connectivity index (χ0n) is 18.1. The van der Waals surface area contributed by atoms with Crippen molar-refractivity contribution in [3.63, 3.8) is 0 Å². The summed E-state index contributed by atoms with van der Waals surface area (Å²) in [6.07, 6.45) is 3.28. The number of pyridine rings is 1. The average Bonchev–Trinajstić information content (AvgIpc) is 3.18. The SMILES string of the molecule is CCC(CC)n1cc(C(=O)NCc2ccc(C)s2)c2cc(OC)c(OC)cc2c1=O. The lowest BCUT2D eigenvalue weighted by Crippen LogP contribution is -2.29. The van der Waals surface area contributed by atoms with Gasteiger partial charge in [-0.15, -0.1) is 11.3 Å². The molecule has 1 N–H and O–H groups in total. The van der Waals surface area contributed by atoms with Gasteiger partial charge in [0, 0.05) is 27.4 Å². The van der Waals surface area contributed by atoms with Crippen molar-refractivity contribution in [1.82, 2.24) is 9.88 Å². The number of hydrogen-bond acceptors (Lipinski definition) is 5. The summed E-state index contributed by atoms with van der Waals surface area (Å²) in [7, 11) is 3.07. The Morgan fingerprint density at radius 1 is 1.10 bits per heavy atom. The van der Waals surface area contributed by atoms with Crippen molar-refractivity contribution >= 4 is 28.0 Å². The van der Waals surface area contributed by atoms with Crippen molar-refractivity contribution in [1.29, 1.82) is 0 Å². The minimum absolute atomic E-state index is 0.0153. The minimum atomic E-state index is -0.224. The van der Waals surface area contributed by atoms with Crippen molar-refractivity contribution in [2.24, 2.45) is 0 Å². The van der Waals surface area contributed by atoms with Gasteiger partial charge in [-0.3, -0.25) is 9.59 Å². The number of hydrogen-bond donors (Lipinski definition) is 1. The van der Waals surface area contributed by atoms with E-state index < -0.39 is 0 Å². The Balaban J connectivity index is 2.15. The highest BCUT2D eigenvalue weighted by Gasteiger charge is 2.20. The Hall–Kier alpha value is -2.80. The molecule has 0 saturated heterocycles. The summed E-state index contributed by atoms with van der Waals surface area (Å²) in [6, 6.07) is 7.43. The van der Waals surface area contributed by atoms with Crippen LogP contribution in [0.2, 0.25) is 0 Å². The van der Waals surface area contributed by atoms with Gasteiger partial charge in [-0.1, -0.05) is 13.8 Å². The molecular formula is C23H28N2O4S. The number of fused-ring (bicyclic) bond motifs is 1. The van der Waals surface area contributed by atoms with E-state index in [0.717, 1.165) is 17.7 Å². The molecule has 0 aliphatic heterocycles. The Morgan fingerprint density at radius 2 is 1.73 bits per heavy atom. The van der Waals surface area contributed by atoms with Crippen molar-refractivity contribution in [3.05, 3.63) is 56.1 Å². The van der Waals surface area contributed by atoms with E-state index in [9.17, 15) is 9.59 Å². The molecule has 6 nitrogen and oxygen atoms in total. The summed E-state index contributed by atoms with van der Waals surface area (Å²) < 4.78 is 12.5. The number of nitrogens with one attached hydrogen (secondary N) is 1. The van der Waals surface area contributed by atoms with Gasteiger partial charge in [0.2, 0.25) is 0 Å². The Kier molecular flexibility index (Phi) is 6.82. The van der Waals surface area contributed by atoms with Crippen LogP contribution in [0.15, 0.2) is 35.3 Å². The molecule has 1 amide bonds. The lowest BCUT2D eigenvalue weighted by atomic mass is 10.0. The maximum atomic E-state index is 13.2. The first-order valence-electron chi connectivity index (χ1n) is 10.1. The molecule has 0 atom stereocenters. The summed E-state index contributed by atoms with van der Waals surface area (Å²) in [5.41, 5.74) is 0.316. The molecule has 2 heterocycles. The van der Waals surface area contributed by atoms with Crippen LogP contribution in [-0.2, 0) is 6.54 Å². The van der Waals surface area contributed by atoms with Gasteiger partial charge >= 0.3 is 0 Å². The van der Waals surface area contributed by atoms with Gasteiger partial charge in [0.1, 0.15) is 0 Å². The molecule has 3 rings (SSSR count). The standard InChI is InChI=1S/C23H28N2O4S/c1-6-15(7-2)25-13-19(22(26)24-12-16-9-8-14(3)30-16)17-10-20(28-4)21(29-5)11-18(17)23(25)27/h8-11,13,15H,6-7,12H2,1-5H3,(H,24,26). The molecule has 0 fully saturated rings. The zero-order valence-corrected chi connectivity index (χ0v) is 18.9. The van der Waals surface area contributed by atoms with Gasteiger partial charge < -0.3 is 19.4 Å². The first-order valence-corrected chi connectivity index (χ1v) is 10.9. The Bertz CT molecular complexity index is 1110. The fraction of sp³-hybridized carbons (Fsp3) is 0.391. The Morgan fingerprint density at radius 3 is 2.27 bits per heavy atom. The normalized spacial score (nSPS) is 11.1. The number of thiophene rings is 1. The third-order valence-corrected chi connectivity index (χ3v) is 6.35. The van der Waals surface area contributed by atoms with Crippen LogP contribution in [0.5, 0.6) is 11.5 Å². The van der Waals surface area contributed by atoms with E-state index in [1.54, 1.807) is 34.2 Å². The van der Waals surface area contributed by atoms with E-state index in [2.05, 4.69) is 5.32 Å². The first-order chi connectivity index (χ1) is 14.4. The van der Waals surface area contributed by atoms with E-state index in [4.69, 9.17) is 9.47 Å². The van der Waals surface area contributed by atoms with Gasteiger partial charge in [-0.05, 0) is 44.0 Å². The number of aryl methyl sites for hydroxylation is 1. The van der Waals surface area contributed by atoms with Gasteiger partial charge in [-0.25, -0.2) is 0 Å². The van der Waals surface area contributed by atoms with Gasteiger partial charge in [-0.2, -0.15) is 0 Å². The number of ether oxygens (including phenoxy) is 2. The average molecular weight is 429 g/mol. The Labute approximate surface area is 180 Å². The third-order valence-electron chi connectivity index (χ3n) is 5.35. The number of aromatic nitrogens is 1. The minimum Gasteiger partial charge on any atom is -0.493 e. The fourth-order valence-electron chi connectivity index (χ4n) is 3.66. The van der Waals surface area contributed by atoms with Gasteiger partial charge in [0.25, 0.3) is 11.5 Å². The second kappa shape index (κ2) is 9.34. The lowest BCUT2D eigenvalue weighted by molar-refractivity contribution is 0.0952. The van der Waals surface area contributed by atoms with E-state index in [-0.39, 0.29) is 17.5 Å². The number of methoxy groups -OCH3 is 2. The molecule has 0 spiro atoms. The monoisotopic (exact) mass is 428 g/mol. The predicted molar refractivity (Wildman–Crippen MR) is 121 cm³/mol. The second-order valence-electron chi connectivity index (χ2n) is 7.17. The molecule has 0 saturated carbocycles. The van der Waals surface area contributed by atoms with Crippen LogP contribution in [0.3, 0.4) is 0 Å². The highest BCUT2D eigenvalue weighted by Crippen LogP contribution is 2.33. The number of carbonyl (C=O) groups excluding carboxylic acids is 1. The summed E-state index contributed by atoms with van der Waals surface area (Å²) in [6.45, 7) is 6.56. The molecule has 0 aliphatic rings. The molecular weight excluding hydrogens is 400 g/mol. The lowest BCUT2D eigenvalue weighted by Gasteiger charge is -2.20. The van der Waals surface area contributed by atoms with E-state index >= 15 is 0 Å². The topological polar surface area (TPSA) is 69.6 Å². The van der Waals surface area contributed by atoms with Crippen molar-refractivity contribution in [3.8, 4) is 11.5 Å². The molecule has 0 bridgehead atoms. The van der Waals surface area contributed by atoms with Crippen LogP contribution in [0.4, 0.5) is 0 Å². The fourth-order valence-corrected chi connectivity index (χ4v) is 4.49. The van der Waals surface area contributed by atoms with E-state index in [0.29, 0.717) is 34.4 Å². The van der Waals surface area contributed by atoms with Crippen LogP contribution in [0.1, 0.15) is 52.8 Å². The summed E-state index contributed by atoms with van der Waals surface area (Å²) >= 11 is 1.65. The largest absolute Gasteiger partial charge is 0.493 e. The first kappa shape index (κ1) is 21.9. The summed E-state index contributed by atoms with van der Waals surface area (Å²) in [5.74, 6) is 0.718. The number of nitrogens with zero attached hydrogens (tertiary/aromatic N) is 1. The highest BCUT2D eigenvalue weighted by atomic mass is 32.1. The van der Waals surface area contributed by atoms with Crippen LogP contribution < -0.4 is 20.3 Å². The summed E-state index contributed by atoms with van der Waals surface area (Å²) in [5, 5.41) is 3.99. The molecule has 1 aromatic carbocycles. The van der Waals surface area contributed by atoms with Crippen LogP contribution in [0, 0.1) is 6.92 Å².